The van der Waals surface area contributed by atoms with Gasteiger partial charge in [-0.25, -0.2) is 9.67 Å². The topological polar surface area (TPSA) is 80.6 Å². The van der Waals surface area contributed by atoms with Crippen LogP contribution in [-0.2, 0) is 12.8 Å². The number of aryl methyl sites for hydroxylation is 2. The third-order valence-electron chi connectivity index (χ3n) is 2.83. The summed E-state index contributed by atoms with van der Waals surface area (Å²) < 4.78 is 1.82. The van der Waals surface area contributed by atoms with Gasteiger partial charge in [0.2, 0.25) is 0 Å². The van der Waals surface area contributed by atoms with E-state index in [1.807, 2.05) is 4.68 Å². The fourth-order valence-corrected chi connectivity index (χ4v) is 1.80. The molecule has 3 N–H and O–H groups in total. The average Bonchev–Trinajstić information content (AvgIpc) is 2.82. The van der Waals surface area contributed by atoms with E-state index in [-0.39, 0.29) is 5.84 Å². The number of amidine groups is 1. The number of nitrogen functional groups attached to an aromatic ring is 1. The van der Waals surface area contributed by atoms with Crippen LogP contribution in [0, 0.1) is 5.41 Å². The van der Waals surface area contributed by atoms with Crippen molar-refractivity contribution in [3.05, 3.63) is 41.3 Å². The maximum absolute atomic E-state index is 7.45. The second kappa shape index (κ2) is 5.00. The molecule has 2 aromatic rings. The zero-order valence-corrected chi connectivity index (χ0v) is 10.6. The first-order chi connectivity index (χ1) is 8.65. The molecule has 0 aromatic carbocycles. The van der Waals surface area contributed by atoms with E-state index in [1.165, 1.54) is 0 Å². The Kier molecular flexibility index (Phi) is 3.41. The number of nitrogens with one attached hydrogen (secondary N) is 1. The van der Waals surface area contributed by atoms with Crippen molar-refractivity contribution >= 4 is 5.84 Å². The smallest absolute Gasteiger partial charge is 0.154 e. The van der Waals surface area contributed by atoms with Crippen LogP contribution in [0.25, 0.3) is 5.82 Å². The molecule has 0 bridgehead atoms. The van der Waals surface area contributed by atoms with E-state index < -0.39 is 0 Å². The third-order valence-corrected chi connectivity index (χ3v) is 2.83. The summed E-state index contributed by atoms with van der Waals surface area (Å²) in [4.78, 5) is 4.30. The number of nitrogens with zero attached hydrogens (tertiary/aromatic N) is 3. The largest absolute Gasteiger partial charge is 0.384 e. The Balaban J connectivity index is 2.50. The Bertz CT molecular complexity index is 571. The molecule has 5 heteroatoms. The van der Waals surface area contributed by atoms with E-state index in [0.717, 1.165) is 24.2 Å². The Hall–Kier alpha value is -2.17. The Labute approximate surface area is 106 Å². The van der Waals surface area contributed by atoms with Gasteiger partial charge in [0.1, 0.15) is 5.84 Å². The van der Waals surface area contributed by atoms with Gasteiger partial charge in [-0.05, 0) is 31.0 Å². The van der Waals surface area contributed by atoms with Crippen LogP contribution in [0.2, 0.25) is 0 Å². The molecule has 0 aliphatic heterocycles. The van der Waals surface area contributed by atoms with E-state index in [9.17, 15) is 0 Å². The van der Waals surface area contributed by atoms with Crippen LogP contribution in [-0.4, -0.2) is 20.6 Å². The maximum atomic E-state index is 7.45. The summed E-state index contributed by atoms with van der Waals surface area (Å²) in [5.74, 6) is 0.749. The first-order valence-corrected chi connectivity index (χ1v) is 6.04. The molecule has 18 heavy (non-hydrogen) atoms. The molecule has 0 aliphatic carbocycles. The first-order valence-electron chi connectivity index (χ1n) is 6.04. The summed E-state index contributed by atoms with van der Waals surface area (Å²) >= 11 is 0. The number of rotatable bonds is 4. The van der Waals surface area contributed by atoms with E-state index in [1.54, 1.807) is 18.3 Å². The van der Waals surface area contributed by atoms with Gasteiger partial charge in [-0.1, -0.05) is 13.8 Å². The molecule has 2 heterocycles. The van der Waals surface area contributed by atoms with Crippen molar-refractivity contribution in [3.63, 3.8) is 0 Å². The van der Waals surface area contributed by atoms with Crippen molar-refractivity contribution in [3.8, 4) is 5.82 Å². The van der Waals surface area contributed by atoms with Gasteiger partial charge in [-0.15, -0.1) is 0 Å². The monoisotopic (exact) mass is 243 g/mol. The van der Waals surface area contributed by atoms with Gasteiger partial charge in [-0.3, -0.25) is 5.41 Å². The Morgan fingerprint density at radius 2 is 2.11 bits per heavy atom. The van der Waals surface area contributed by atoms with Crippen LogP contribution in [0.1, 0.15) is 30.8 Å². The van der Waals surface area contributed by atoms with Crippen LogP contribution in [0.3, 0.4) is 0 Å². The van der Waals surface area contributed by atoms with Crippen LogP contribution < -0.4 is 5.73 Å². The average molecular weight is 243 g/mol. The Morgan fingerprint density at radius 1 is 1.33 bits per heavy atom. The summed E-state index contributed by atoms with van der Waals surface area (Å²) in [6.07, 6.45) is 3.43. The SMILES string of the molecule is CCc1cc(CC)n(-c2cc(C(=N)N)ccn2)n1. The van der Waals surface area contributed by atoms with Crippen LogP contribution in [0.4, 0.5) is 0 Å². The molecule has 2 aromatic heterocycles. The molecule has 0 spiro atoms. The summed E-state index contributed by atoms with van der Waals surface area (Å²) in [7, 11) is 0. The molecule has 0 atom stereocenters. The molecule has 0 unspecified atom stereocenters. The highest BCUT2D eigenvalue weighted by atomic mass is 15.3. The molecule has 0 saturated carbocycles. The quantitative estimate of drug-likeness (QED) is 0.633. The Morgan fingerprint density at radius 3 is 2.72 bits per heavy atom. The van der Waals surface area contributed by atoms with E-state index in [2.05, 4.69) is 30.0 Å². The lowest BCUT2D eigenvalue weighted by atomic mass is 10.2. The highest BCUT2D eigenvalue weighted by Gasteiger charge is 2.09. The standard InChI is InChI=1S/C13H17N5/c1-3-10-8-11(4-2)18(17-10)12-7-9(13(14)15)5-6-16-12/h5-8H,3-4H2,1-2H3,(H3,14,15). The van der Waals surface area contributed by atoms with Crippen molar-refractivity contribution in [2.75, 3.05) is 0 Å². The summed E-state index contributed by atoms with van der Waals surface area (Å²) in [6, 6.07) is 5.59. The fourth-order valence-electron chi connectivity index (χ4n) is 1.80. The predicted molar refractivity (Wildman–Crippen MR) is 71.1 cm³/mol. The zero-order valence-electron chi connectivity index (χ0n) is 10.6. The molecular weight excluding hydrogens is 226 g/mol. The summed E-state index contributed by atoms with van der Waals surface area (Å²) in [5.41, 5.74) is 8.31. The van der Waals surface area contributed by atoms with Crippen molar-refractivity contribution < 1.29 is 0 Å². The molecule has 0 fully saturated rings. The summed E-state index contributed by atoms with van der Waals surface area (Å²) in [6.45, 7) is 4.16. The lowest BCUT2D eigenvalue weighted by Gasteiger charge is -2.06. The molecule has 0 aliphatic rings. The van der Waals surface area contributed by atoms with Gasteiger partial charge in [0.25, 0.3) is 0 Å². The van der Waals surface area contributed by atoms with Crippen molar-refractivity contribution in [1.29, 1.82) is 5.41 Å². The van der Waals surface area contributed by atoms with Gasteiger partial charge in [-0.2, -0.15) is 5.10 Å². The van der Waals surface area contributed by atoms with Gasteiger partial charge in [0.15, 0.2) is 5.82 Å². The van der Waals surface area contributed by atoms with Crippen LogP contribution in [0.5, 0.6) is 0 Å². The van der Waals surface area contributed by atoms with Gasteiger partial charge in [0, 0.05) is 17.5 Å². The third kappa shape index (κ3) is 2.25. The van der Waals surface area contributed by atoms with Gasteiger partial charge < -0.3 is 5.73 Å². The molecule has 0 amide bonds. The van der Waals surface area contributed by atoms with Gasteiger partial charge >= 0.3 is 0 Å². The maximum Gasteiger partial charge on any atom is 0.154 e. The number of pyridine rings is 1. The highest BCUT2D eigenvalue weighted by molar-refractivity contribution is 5.95. The molecule has 0 saturated heterocycles. The fraction of sp³-hybridized carbons (Fsp3) is 0.308. The molecule has 5 nitrogen and oxygen atoms in total. The zero-order chi connectivity index (χ0) is 13.1. The number of hydrogen-bond acceptors (Lipinski definition) is 3. The molecule has 94 valence electrons. The van der Waals surface area contributed by atoms with E-state index in [4.69, 9.17) is 11.1 Å². The molecular formula is C13H17N5. The van der Waals surface area contributed by atoms with E-state index >= 15 is 0 Å². The van der Waals surface area contributed by atoms with Crippen LogP contribution in [0.15, 0.2) is 24.4 Å². The first kappa shape index (κ1) is 12.3. The highest BCUT2D eigenvalue weighted by Crippen LogP contribution is 2.13. The minimum atomic E-state index is 0.0413. The number of nitrogens with two attached hydrogens (primary N) is 1. The molecule has 2 rings (SSSR count). The predicted octanol–water partition coefficient (Wildman–Crippen LogP) is 1.68. The minimum absolute atomic E-state index is 0.0413. The van der Waals surface area contributed by atoms with E-state index in [0.29, 0.717) is 11.4 Å². The number of aromatic nitrogens is 3. The normalized spacial score (nSPS) is 10.6. The lowest BCUT2D eigenvalue weighted by molar-refractivity contribution is 0.772. The van der Waals surface area contributed by atoms with Crippen molar-refractivity contribution in [2.24, 2.45) is 5.73 Å². The second-order valence-electron chi connectivity index (χ2n) is 4.06. The molecule has 0 radical (unpaired) electrons. The van der Waals surface area contributed by atoms with Crippen molar-refractivity contribution in [1.82, 2.24) is 14.8 Å². The minimum Gasteiger partial charge on any atom is -0.384 e. The summed E-state index contributed by atoms with van der Waals surface area (Å²) in [5, 5.41) is 12.0. The van der Waals surface area contributed by atoms with Crippen molar-refractivity contribution in [2.45, 2.75) is 26.7 Å². The van der Waals surface area contributed by atoms with Crippen LogP contribution >= 0.6 is 0 Å². The van der Waals surface area contributed by atoms with Gasteiger partial charge in [0.05, 0.1) is 5.69 Å². The second-order valence-corrected chi connectivity index (χ2v) is 4.06. The number of hydrogen-bond donors (Lipinski definition) is 2. The lowest BCUT2D eigenvalue weighted by Crippen LogP contribution is -2.13.